The van der Waals surface area contributed by atoms with E-state index < -0.39 is 11.6 Å². The Morgan fingerprint density at radius 2 is 1.83 bits per heavy atom. The van der Waals surface area contributed by atoms with Crippen LogP contribution >= 0.6 is 0 Å². The quantitative estimate of drug-likeness (QED) is 0.862. The molecule has 18 heavy (non-hydrogen) atoms. The maximum absolute atomic E-state index is 13.0. The van der Waals surface area contributed by atoms with Crippen LogP contribution in [-0.4, -0.2) is 19.6 Å². The van der Waals surface area contributed by atoms with Crippen LogP contribution in [0.1, 0.15) is 25.7 Å². The monoisotopic (exact) mass is 254 g/mol. The summed E-state index contributed by atoms with van der Waals surface area (Å²) >= 11 is 0. The highest BCUT2D eigenvalue weighted by Crippen LogP contribution is 2.24. The van der Waals surface area contributed by atoms with E-state index in [1.807, 2.05) is 7.05 Å². The minimum absolute atomic E-state index is 0.628. The first kappa shape index (κ1) is 13.3. The van der Waals surface area contributed by atoms with E-state index in [2.05, 4.69) is 10.6 Å². The van der Waals surface area contributed by atoms with Crippen LogP contribution in [0.15, 0.2) is 18.2 Å². The van der Waals surface area contributed by atoms with Crippen molar-refractivity contribution < 1.29 is 8.78 Å². The maximum atomic E-state index is 13.0. The van der Waals surface area contributed by atoms with Gasteiger partial charge in [-0.25, -0.2) is 8.78 Å². The second-order valence-electron chi connectivity index (χ2n) is 5.02. The normalized spacial score (nSPS) is 23.9. The lowest BCUT2D eigenvalue weighted by Gasteiger charge is -2.28. The molecule has 0 saturated heterocycles. The molecule has 2 N–H and O–H groups in total. The van der Waals surface area contributed by atoms with Crippen molar-refractivity contribution in [1.29, 1.82) is 0 Å². The van der Waals surface area contributed by atoms with Gasteiger partial charge in [-0.3, -0.25) is 0 Å². The largest absolute Gasteiger partial charge is 0.385 e. The smallest absolute Gasteiger partial charge is 0.160 e. The number of rotatable bonds is 4. The van der Waals surface area contributed by atoms with E-state index in [9.17, 15) is 8.78 Å². The molecule has 1 aromatic carbocycles. The van der Waals surface area contributed by atoms with Crippen LogP contribution in [0.4, 0.5) is 14.5 Å². The van der Waals surface area contributed by atoms with Crippen molar-refractivity contribution in [2.45, 2.75) is 31.7 Å². The van der Waals surface area contributed by atoms with Gasteiger partial charge in [0.15, 0.2) is 11.6 Å². The van der Waals surface area contributed by atoms with Crippen molar-refractivity contribution in [3.8, 4) is 0 Å². The molecule has 100 valence electrons. The van der Waals surface area contributed by atoms with E-state index in [4.69, 9.17) is 0 Å². The summed E-state index contributed by atoms with van der Waals surface area (Å²) in [6.45, 7) is 0.835. The molecule has 0 spiro atoms. The fraction of sp³-hybridized carbons (Fsp3) is 0.571. The molecule has 0 radical (unpaired) electrons. The fourth-order valence-electron chi connectivity index (χ4n) is 2.52. The number of anilines is 1. The summed E-state index contributed by atoms with van der Waals surface area (Å²) in [6, 6.07) is 4.60. The average Bonchev–Trinajstić information content (AvgIpc) is 2.41. The highest BCUT2D eigenvalue weighted by molar-refractivity contribution is 5.43. The Bertz CT molecular complexity index is 387. The molecular weight excluding hydrogens is 234 g/mol. The fourth-order valence-corrected chi connectivity index (χ4v) is 2.52. The van der Waals surface area contributed by atoms with Gasteiger partial charge < -0.3 is 10.6 Å². The van der Waals surface area contributed by atoms with Crippen LogP contribution in [0.2, 0.25) is 0 Å². The Hall–Kier alpha value is -1.16. The number of hydrogen-bond donors (Lipinski definition) is 2. The van der Waals surface area contributed by atoms with Gasteiger partial charge in [0, 0.05) is 18.3 Å². The third-order valence-electron chi connectivity index (χ3n) is 3.77. The Morgan fingerprint density at radius 1 is 1.11 bits per heavy atom. The van der Waals surface area contributed by atoms with Gasteiger partial charge in [-0.1, -0.05) is 0 Å². The summed E-state index contributed by atoms with van der Waals surface area (Å²) in [5, 5.41) is 6.49. The Labute approximate surface area is 107 Å². The van der Waals surface area contributed by atoms with Gasteiger partial charge in [-0.05, 0) is 56.8 Å². The second kappa shape index (κ2) is 6.14. The number of halogens is 2. The third-order valence-corrected chi connectivity index (χ3v) is 3.77. The zero-order chi connectivity index (χ0) is 13.0. The number of hydrogen-bond acceptors (Lipinski definition) is 2. The molecule has 1 saturated carbocycles. The van der Waals surface area contributed by atoms with Crippen molar-refractivity contribution in [1.82, 2.24) is 5.32 Å². The summed E-state index contributed by atoms with van der Waals surface area (Å²) in [5.41, 5.74) is 0.657. The standard InChI is InChI=1S/C14H20F2N2/c1-17-11-4-2-10(3-5-11)9-18-12-6-7-13(15)14(16)8-12/h6-8,10-11,17-18H,2-5,9H2,1H3. The molecule has 0 aliphatic heterocycles. The lowest BCUT2D eigenvalue weighted by molar-refractivity contribution is 0.312. The Balaban J connectivity index is 1.79. The molecule has 1 aliphatic carbocycles. The average molecular weight is 254 g/mol. The van der Waals surface area contributed by atoms with E-state index >= 15 is 0 Å². The molecule has 1 aromatic rings. The van der Waals surface area contributed by atoms with Gasteiger partial charge in [0.2, 0.25) is 0 Å². The zero-order valence-electron chi connectivity index (χ0n) is 10.7. The summed E-state index contributed by atoms with van der Waals surface area (Å²) in [7, 11) is 2.00. The predicted molar refractivity (Wildman–Crippen MR) is 69.7 cm³/mol. The van der Waals surface area contributed by atoms with Crippen molar-refractivity contribution >= 4 is 5.69 Å². The van der Waals surface area contributed by atoms with E-state index in [1.54, 1.807) is 6.07 Å². The van der Waals surface area contributed by atoms with Crippen LogP contribution in [0.5, 0.6) is 0 Å². The molecule has 2 nitrogen and oxygen atoms in total. The van der Waals surface area contributed by atoms with Gasteiger partial charge >= 0.3 is 0 Å². The van der Waals surface area contributed by atoms with Crippen LogP contribution in [0, 0.1) is 17.6 Å². The molecule has 1 aliphatic rings. The topological polar surface area (TPSA) is 24.1 Å². The van der Waals surface area contributed by atoms with Crippen molar-refractivity contribution in [3.05, 3.63) is 29.8 Å². The molecule has 1 fully saturated rings. The van der Waals surface area contributed by atoms with E-state index in [0.717, 1.165) is 12.6 Å². The minimum Gasteiger partial charge on any atom is -0.385 e. The highest BCUT2D eigenvalue weighted by atomic mass is 19.2. The minimum atomic E-state index is -0.796. The summed E-state index contributed by atoms with van der Waals surface area (Å²) in [5.74, 6) is -0.961. The van der Waals surface area contributed by atoms with Crippen molar-refractivity contribution in [3.63, 3.8) is 0 Å². The molecule has 0 atom stereocenters. The molecule has 0 amide bonds. The summed E-state index contributed by atoms with van der Waals surface area (Å²) in [6.07, 6.45) is 4.76. The van der Waals surface area contributed by atoms with Crippen LogP contribution in [0.25, 0.3) is 0 Å². The first-order valence-corrected chi connectivity index (χ1v) is 6.55. The lowest BCUT2D eigenvalue weighted by Crippen LogP contribution is -2.32. The SMILES string of the molecule is CNC1CCC(CNc2ccc(F)c(F)c2)CC1. The second-order valence-corrected chi connectivity index (χ2v) is 5.02. The van der Waals surface area contributed by atoms with Crippen LogP contribution in [-0.2, 0) is 0 Å². The molecule has 0 aromatic heterocycles. The predicted octanol–water partition coefficient (Wildman–Crippen LogP) is 3.15. The third kappa shape index (κ3) is 3.42. The van der Waals surface area contributed by atoms with Gasteiger partial charge in [-0.15, -0.1) is 0 Å². The van der Waals surface area contributed by atoms with Gasteiger partial charge in [0.05, 0.1) is 0 Å². The van der Waals surface area contributed by atoms with Crippen molar-refractivity contribution in [2.75, 3.05) is 18.9 Å². The Morgan fingerprint density at radius 3 is 2.44 bits per heavy atom. The Kier molecular flexibility index (Phi) is 4.53. The zero-order valence-corrected chi connectivity index (χ0v) is 10.7. The lowest BCUT2D eigenvalue weighted by atomic mass is 9.86. The van der Waals surface area contributed by atoms with E-state index in [1.165, 1.54) is 31.7 Å². The molecule has 0 bridgehead atoms. The van der Waals surface area contributed by atoms with E-state index in [0.29, 0.717) is 17.6 Å². The van der Waals surface area contributed by atoms with Crippen LogP contribution in [0.3, 0.4) is 0 Å². The first-order chi connectivity index (χ1) is 8.69. The van der Waals surface area contributed by atoms with Gasteiger partial charge in [0.25, 0.3) is 0 Å². The molecular formula is C14H20F2N2. The molecule has 2 rings (SSSR count). The number of nitrogens with one attached hydrogen (secondary N) is 2. The van der Waals surface area contributed by atoms with E-state index in [-0.39, 0.29) is 0 Å². The van der Waals surface area contributed by atoms with Crippen LogP contribution < -0.4 is 10.6 Å². The molecule has 0 heterocycles. The summed E-state index contributed by atoms with van der Waals surface area (Å²) in [4.78, 5) is 0. The maximum Gasteiger partial charge on any atom is 0.160 e. The molecule has 0 unspecified atom stereocenters. The van der Waals surface area contributed by atoms with Gasteiger partial charge in [-0.2, -0.15) is 0 Å². The number of benzene rings is 1. The summed E-state index contributed by atoms with van der Waals surface area (Å²) < 4.78 is 25.8. The first-order valence-electron chi connectivity index (χ1n) is 6.55. The highest BCUT2D eigenvalue weighted by Gasteiger charge is 2.19. The molecule has 4 heteroatoms. The van der Waals surface area contributed by atoms with Crippen molar-refractivity contribution in [2.24, 2.45) is 5.92 Å². The van der Waals surface area contributed by atoms with Gasteiger partial charge in [0.1, 0.15) is 0 Å².